The SMILES string of the molecule is CCOC(=O)CC[C@@H]1CC[C@@]2(CCCN(C(=O)OC(C)(C)C)C2)O1. The van der Waals surface area contributed by atoms with Crippen LogP contribution < -0.4 is 0 Å². The van der Waals surface area contributed by atoms with E-state index in [4.69, 9.17) is 14.2 Å². The Hall–Kier alpha value is -1.30. The van der Waals surface area contributed by atoms with Gasteiger partial charge in [0, 0.05) is 13.0 Å². The summed E-state index contributed by atoms with van der Waals surface area (Å²) in [6, 6.07) is 0. The summed E-state index contributed by atoms with van der Waals surface area (Å²) in [4.78, 5) is 25.6. The summed E-state index contributed by atoms with van der Waals surface area (Å²) in [6.07, 6.45) is 4.64. The van der Waals surface area contributed by atoms with Crippen LogP contribution in [-0.2, 0) is 19.0 Å². The zero-order valence-corrected chi connectivity index (χ0v) is 15.4. The third kappa shape index (κ3) is 5.36. The van der Waals surface area contributed by atoms with Gasteiger partial charge in [0.05, 0.1) is 24.9 Å². The van der Waals surface area contributed by atoms with Crippen molar-refractivity contribution in [2.75, 3.05) is 19.7 Å². The minimum Gasteiger partial charge on any atom is -0.466 e. The number of likely N-dealkylation sites (tertiary alicyclic amines) is 1. The van der Waals surface area contributed by atoms with Crippen LogP contribution in [-0.4, -0.2) is 54.0 Å². The van der Waals surface area contributed by atoms with Crippen LogP contribution in [0.2, 0.25) is 0 Å². The summed E-state index contributed by atoms with van der Waals surface area (Å²) in [6.45, 7) is 9.16. The van der Waals surface area contributed by atoms with Crippen molar-refractivity contribution < 1.29 is 23.8 Å². The molecule has 0 aromatic carbocycles. The lowest BCUT2D eigenvalue weighted by molar-refractivity contribution is -0.144. The highest BCUT2D eigenvalue weighted by atomic mass is 16.6. The highest BCUT2D eigenvalue weighted by Crippen LogP contribution is 2.39. The summed E-state index contributed by atoms with van der Waals surface area (Å²) in [7, 11) is 0. The Morgan fingerprint density at radius 3 is 2.71 bits per heavy atom. The summed E-state index contributed by atoms with van der Waals surface area (Å²) in [5, 5.41) is 0. The third-order valence-electron chi connectivity index (χ3n) is 4.51. The molecule has 2 fully saturated rings. The zero-order chi connectivity index (χ0) is 17.8. The van der Waals surface area contributed by atoms with Gasteiger partial charge in [0.15, 0.2) is 0 Å². The van der Waals surface area contributed by atoms with E-state index < -0.39 is 5.60 Å². The first-order valence-corrected chi connectivity index (χ1v) is 9.04. The number of esters is 1. The van der Waals surface area contributed by atoms with Crippen molar-refractivity contribution in [3.05, 3.63) is 0 Å². The molecule has 1 spiro atoms. The Morgan fingerprint density at radius 2 is 2.04 bits per heavy atom. The van der Waals surface area contributed by atoms with Gasteiger partial charge in [-0.3, -0.25) is 4.79 Å². The van der Waals surface area contributed by atoms with E-state index in [0.29, 0.717) is 32.5 Å². The summed E-state index contributed by atoms with van der Waals surface area (Å²) in [5.41, 5.74) is -0.755. The maximum absolute atomic E-state index is 12.3. The van der Waals surface area contributed by atoms with Crippen LogP contribution in [0.25, 0.3) is 0 Å². The minimum atomic E-state index is -0.486. The maximum atomic E-state index is 12.3. The molecule has 2 atom stereocenters. The van der Waals surface area contributed by atoms with Crippen molar-refractivity contribution >= 4 is 12.1 Å². The molecule has 0 radical (unpaired) electrons. The predicted molar refractivity (Wildman–Crippen MR) is 89.7 cm³/mol. The topological polar surface area (TPSA) is 65.1 Å². The molecule has 0 aromatic heterocycles. The second-order valence-corrected chi connectivity index (χ2v) is 7.81. The number of hydrogen-bond acceptors (Lipinski definition) is 5. The largest absolute Gasteiger partial charge is 0.466 e. The first kappa shape index (κ1) is 19.0. The van der Waals surface area contributed by atoms with E-state index >= 15 is 0 Å². The van der Waals surface area contributed by atoms with E-state index in [1.54, 1.807) is 4.90 Å². The van der Waals surface area contributed by atoms with Crippen LogP contribution in [0, 0.1) is 0 Å². The minimum absolute atomic E-state index is 0.0768. The zero-order valence-electron chi connectivity index (χ0n) is 15.4. The molecule has 0 aromatic rings. The van der Waals surface area contributed by atoms with Gasteiger partial charge >= 0.3 is 12.1 Å². The van der Waals surface area contributed by atoms with Crippen molar-refractivity contribution in [3.8, 4) is 0 Å². The van der Waals surface area contributed by atoms with E-state index in [0.717, 1.165) is 25.7 Å². The number of ether oxygens (including phenoxy) is 3. The van der Waals surface area contributed by atoms with Crippen molar-refractivity contribution in [1.82, 2.24) is 4.90 Å². The third-order valence-corrected chi connectivity index (χ3v) is 4.51. The number of carbonyl (C=O) groups excluding carboxylic acids is 2. The van der Waals surface area contributed by atoms with Gasteiger partial charge in [-0.2, -0.15) is 0 Å². The van der Waals surface area contributed by atoms with E-state index in [1.165, 1.54) is 0 Å². The van der Waals surface area contributed by atoms with Crippen molar-refractivity contribution in [2.45, 2.75) is 83.5 Å². The van der Waals surface area contributed by atoms with Crippen molar-refractivity contribution in [1.29, 1.82) is 0 Å². The number of nitrogens with zero attached hydrogens (tertiary/aromatic N) is 1. The van der Waals surface area contributed by atoms with E-state index in [9.17, 15) is 9.59 Å². The fourth-order valence-corrected chi connectivity index (χ4v) is 3.49. The normalized spacial score (nSPS) is 27.3. The summed E-state index contributed by atoms with van der Waals surface area (Å²) in [5.74, 6) is -0.166. The Balaban J connectivity index is 1.85. The lowest BCUT2D eigenvalue weighted by Gasteiger charge is -2.40. The molecule has 2 aliphatic rings. The second-order valence-electron chi connectivity index (χ2n) is 7.81. The molecular weight excluding hydrogens is 310 g/mol. The van der Waals surface area contributed by atoms with Crippen LogP contribution in [0.1, 0.15) is 66.2 Å². The van der Waals surface area contributed by atoms with Crippen LogP contribution in [0.5, 0.6) is 0 Å². The average Bonchev–Trinajstić information content (AvgIpc) is 2.86. The van der Waals surface area contributed by atoms with E-state index in [-0.39, 0.29) is 23.8 Å². The summed E-state index contributed by atoms with van der Waals surface area (Å²) < 4.78 is 16.7. The Morgan fingerprint density at radius 1 is 1.29 bits per heavy atom. The molecule has 138 valence electrons. The van der Waals surface area contributed by atoms with Crippen LogP contribution in [0.4, 0.5) is 4.79 Å². The standard InChI is InChI=1S/C18H31NO5/c1-5-22-15(20)8-7-14-9-11-18(23-14)10-6-12-19(13-18)16(21)24-17(2,3)4/h14H,5-13H2,1-4H3/t14-,18-/m1/s1. The molecule has 2 heterocycles. The lowest BCUT2D eigenvalue weighted by atomic mass is 9.90. The number of amides is 1. The Labute approximate surface area is 144 Å². The molecule has 2 saturated heterocycles. The van der Waals surface area contributed by atoms with Crippen LogP contribution >= 0.6 is 0 Å². The smallest absolute Gasteiger partial charge is 0.410 e. The highest BCUT2D eigenvalue weighted by Gasteiger charge is 2.44. The van der Waals surface area contributed by atoms with Gasteiger partial charge in [-0.25, -0.2) is 4.79 Å². The number of hydrogen-bond donors (Lipinski definition) is 0. The van der Waals surface area contributed by atoms with Gasteiger partial charge in [0.2, 0.25) is 0 Å². The lowest BCUT2D eigenvalue weighted by Crippen LogP contribution is -2.51. The van der Waals surface area contributed by atoms with Gasteiger partial charge in [-0.05, 0) is 59.8 Å². The highest BCUT2D eigenvalue weighted by molar-refractivity contribution is 5.69. The van der Waals surface area contributed by atoms with Crippen LogP contribution in [0.15, 0.2) is 0 Å². The molecule has 0 saturated carbocycles. The number of rotatable bonds is 4. The van der Waals surface area contributed by atoms with Gasteiger partial charge in [0.1, 0.15) is 5.60 Å². The van der Waals surface area contributed by atoms with E-state index in [1.807, 2.05) is 27.7 Å². The molecule has 0 N–H and O–H groups in total. The Bertz CT molecular complexity index is 459. The molecule has 6 nitrogen and oxygen atoms in total. The van der Waals surface area contributed by atoms with Gasteiger partial charge in [0.25, 0.3) is 0 Å². The van der Waals surface area contributed by atoms with Crippen molar-refractivity contribution in [2.24, 2.45) is 0 Å². The Kier molecular flexibility index (Phi) is 6.12. The molecule has 6 heteroatoms. The molecule has 2 aliphatic heterocycles. The van der Waals surface area contributed by atoms with Gasteiger partial charge in [-0.15, -0.1) is 0 Å². The molecule has 0 bridgehead atoms. The van der Waals surface area contributed by atoms with Gasteiger partial charge in [-0.1, -0.05) is 0 Å². The monoisotopic (exact) mass is 341 g/mol. The average molecular weight is 341 g/mol. The quantitative estimate of drug-likeness (QED) is 0.734. The molecule has 2 rings (SSSR count). The first-order chi connectivity index (χ1) is 11.2. The first-order valence-electron chi connectivity index (χ1n) is 9.04. The fourth-order valence-electron chi connectivity index (χ4n) is 3.49. The molecule has 1 amide bonds. The molecular formula is C18H31NO5. The maximum Gasteiger partial charge on any atom is 0.410 e. The van der Waals surface area contributed by atoms with Crippen molar-refractivity contribution in [3.63, 3.8) is 0 Å². The number of piperidine rings is 1. The van der Waals surface area contributed by atoms with Crippen LogP contribution in [0.3, 0.4) is 0 Å². The summed E-state index contributed by atoms with van der Waals surface area (Å²) >= 11 is 0. The molecule has 0 unspecified atom stereocenters. The molecule has 0 aliphatic carbocycles. The van der Waals surface area contributed by atoms with Gasteiger partial charge < -0.3 is 19.1 Å². The number of carbonyl (C=O) groups is 2. The fraction of sp³-hybridized carbons (Fsp3) is 0.889. The molecule has 24 heavy (non-hydrogen) atoms. The van der Waals surface area contributed by atoms with E-state index in [2.05, 4.69) is 0 Å². The second kappa shape index (κ2) is 7.72. The predicted octanol–water partition coefficient (Wildman–Crippen LogP) is 3.28.